The SMILES string of the molecule is O=c1oc(C(=Cc2ccccc2)c2nc3ccccc3c(=O)o2)nc2ccccc12. The fourth-order valence-electron chi connectivity index (χ4n) is 3.20. The van der Waals surface area contributed by atoms with E-state index in [9.17, 15) is 9.59 Å². The van der Waals surface area contributed by atoms with Gasteiger partial charge in [0.15, 0.2) is 0 Å². The van der Waals surface area contributed by atoms with Gasteiger partial charge >= 0.3 is 11.3 Å². The Labute approximate surface area is 169 Å². The predicted molar refractivity (Wildman–Crippen MR) is 114 cm³/mol. The van der Waals surface area contributed by atoms with Crippen LogP contribution in [-0.4, -0.2) is 9.97 Å². The second-order valence-electron chi connectivity index (χ2n) is 6.62. The molecule has 0 amide bonds. The Hall–Kier alpha value is -4.32. The highest BCUT2D eigenvalue weighted by Gasteiger charge is 2.18. The molecule has 144 valence electrons. The molecule has 0 atom stereocenters. The van der Waals surface area contributed by atoms with E-state index in [-0.39, 0.29) is 11.8 Å². The van der Waals surface area contributed by atoms with Crippen LogP contribution in [-0.2, 0) is 0 Å². The zero-order valence-corrected chi connectivity index (χ0v) is 15.6. The molecule has 0 N–H and O–H groups in total. The molecule has 3 aromatic carbocycles. The molecule has 0 bridgehead atoms. The zero-order valence-electron chi connectivity index (χ0n) is 15.6. The van der Waals surface area contributed by atoms with Gasteiger partial charge in [-0.2, -0.15) is 0 Å². The van der Waals surface area contributed by atoms with Gasteiger partial charge in [-0.1, -0.05) is 54.6 Å². The third-order valence-electron chi connectivity index (χ3n) is 4.64. The van der Waals surface area contributed by atoms with Gasteiger partial charge in [0.1, 0.15) is 5.57 Å². The van der Waals surface area contributed by atoms with Gasteiger partial charge in [0.05, 0.1) is 21.8 Å². The molecule has 0 saturated heterocycles. The highest BCUT2D eigenvalue weighted by atomic mass is 16.4. The third kappa shape index (κ3) is 3.20. The molecule has 5 aromatic rings. The summed E-state index contributed by atoms with van der Waals surface area (Å²) in [7, 11) is 0. The lowest BCUT2D eigenvalue weighted by Crippen LogP contribution is -2.09. The minimum Gasteiger partial charge on any atom is -0.403 e. The number of hydrogen-bond donors (Lipinski definition) is 0. The number of aromatic nitrogens is 2. The van der Waals surface area contributed by atoms with Crippen LogP contribution in [0.3, 0.4) is 0 Å². The molecule has 0 aliphatic carbocycles. The van der Waals surface area contributed by atoms with Crippen molar-refractivity contribution in [3.8, 4) is 0 Å². The maximum Gasteiger partial charge on any atom is 0.347 e. The van der Waals surface area contributed by atoms with E-state index < -0.39 is 11.3 Å². The lowest BCUT2D eigenvalue weighted by atomic mass is 10.1. The highest BCUT2D eigenvalue weighted by Crippen LogP contribution is 2.24. The van der Waals surface area contributed by atoms with E-state index in [0.29, 0.717) is 27.4 Å². The molecule has 6 nitrogen and oxygen atoms in total. The number of hydrogen-bond acceptors (Lipinski definition) is 6. The van der Waals surface area contributed by atoms with Crippen LogP contribution in [0.5, 0.6) is 0 Å². The highest BCUT2D eigenvalue weighted by molar-refractivity contribution is 5.88. The Morgan fingerprint density at radius 2 is 1.10 bits per heavy atom. The number of rotatable bonds is 3. The first-order valence-electron chi connectivity index (χ1n) is 9.26. The van der Waals surface area contributed by atoms with Crippen LogP contribution in [0.4, 0.5) is 0 Å². The van der Waals surface area contributed by atoms with Crippen molar-refractivity contribution in [2.75, 3.05) is 0 Å². The molecule has 0 unspecified atom stereocenters. The molecule has 30 heavy (non-hydrogen) atoms. The van der Waals surface area contributed by atoms with Crippen LogP contribution in [0, 0.1) is 0 Å². The lowest BCUT2D eigenvalue weighted by Gasteiger charge is -2.07. The molecular weight excluding hydrogens is 380 g/mol. The topological polar surface area (TPSA) is 86.2 Å². The van der Waals surface area contributed by atoms with Crippen LogP contribution in [0.15, 0.2) is 97.3 Å². The Balaban J connectivity index is 1.80. The normalized spacial score (nSPS) is 10.9. The van der Waals surface area contributed by atoms with Crippen LogP contribution < -0.4 is 11.3 Å². The lowest BCUT2D eigenvalue weighted by molar-refractivity contribution is 0.463. The first kappa shape index (κ1) is 17.8. The van der Waals surface area contributed by atoms with Crippen molar-refractivity contribution in [2.24, 2.45) is 0 Å². The molecule has 0 aliphatic heterocycles. The molecule has 0 spiro atoms. The quantitative estimate of drug-likeness (QED) is 0.454. The minimum absolute atomic E-state index is 0.0217. The molecule has 0 radical (unpaired) electrons. The molecule has 6 heteroatoms. The summed E-state index contributed by atoms with van der Waals surface area (Å²) in [5.41, 5.74) is 1.00. The van der Waals surface area contributed by atoms with Crippen LogP contribution in [0.25, 0.3) is 33.5 Å². The second kappa shape index (κ2) is 7.25. The van der Waals surface area contributed by atoms with Crippen molar-refractivity contribution in [3.05, 3.63) is 117 Å². The van der Waals surface area contributed by atoms with E-state index in [0.717, 1.165) is 5.56 Å². The van der Waals surface area contributed by atoms with Crippen LogP contribution >= 0.6 is 0 Å². The Morgan fingerprint density at radius 3 is 1.63 bits per heavy atom. The first-order chi connectivity index (χ1) is 14.7. The maximum atomic E-state index is 12.5. The largest absolute Gasteiger partial charge is 0.403 e. The Kier molecular flexibility index (Phi) is 4.29. The standard InChI is InChI=1S/C24H14N2O4/c27-23-16-10-4-6-12-19(16)25-21(29-23)18(14-15-8-2-1-3-9-15)22-26-20-13-7-5-11-17(20)24(28)30-22/h1-14H. The fraction of sp³-hybridized carbons (Fsp3) is 0. The van der Waals surface area contributed by atoms with Crippen LogP contribution in [0.2, 0.25) is 0 Å². The summed E-state index contributed by atoms with van der Waals surface area (Å²) in [5, 5.41) is 0.737. The molecular formula is C24H14N2O4. The summed E-state index contributed by atoms with van der Waals surface area (Å²) < 4.78 is 11.0. The van der Waals surface area contributed by atoms with E-state index in [1.807, 2.05) is 30.3 Å². The van der Waals surface area contributed by atoms with E-state index in [4.69, 9.17) is 8.83 Å². The van der Waals surface area contributed by atoms with E-state index in [2.05, 4.69) is 9.97 Å². The van der Waals surface area contributed by atoms with Crippen molar-refractivity contribution in [3.63, 3.8) is 0 Å². The van der Waals surface area contributed by atoms with Gasteiger partial charge in [-0.15, -0.1) is 0 Å². The van der Waals surface area contributed by atoms with Crippen molar-refractivity contribution >= 4 is 33.5 Å². The van der Waals surface area contributed by atoms with Crippen molar-refractivity contribution in [2.45, 2.75) is 0 Å². The second-order valence-corrected chi connectivity index (χ2v) is 6.62. The van der Waals surface area contributed by atoms with E-state index in [1.54, 1.807) is 54.6 Å². The molecule has 5 rings (SSSR count). The van der Waals surface area contributed by atoms with Crippen molar-refractivity contribution in [1.82, 2.24) is 9.97 Å². The van der Waals surface area contributed by atoms with Gasteiger partial charge in [0.2, 0.25) is 11.8 Å². The minimum atomic E-state index is -0.530. The molecule has 2 heterocycles. The molecule has 0 saturated carbocycles. The summed E-state index contributed by atoms with van der Waals surface area (Å²) in [6.07, 6.45) is 1.72. The maximum absolute atomic E-state index is 12.5. The smallest absolute Gasteiger partial charge is 0.347 e. The average Bonchev–Trinajstić information content (AvgIpc) is 2.78. The first-order valence-corrected chi connectivity index (χ1v) is 9.26. The Bertz CT molecular complexity index is 1440. The summed E-state index contributed by atoms with van der Waals surface area (Å²) in [5.74, 6) is 0.0435. The van der Waals surface area contributed by atoms with E-state index in [1.165, 1.54) is 0 Å². The van der Waals surface area contributed by atoms with Gasteiger partial charge in [-0.05, 0) is 35.9 Å². The van der Waals surface area contributed by atoms with E-state index >= 15 is 0 Å². The average molecular weight is 394 g/mol. The van der Waals surface area contributed by atoms with Gasteiger partial charge in [0.25, 0.3) is 0 Å². The summed E-state index contributed by atoms with van der Waals surface area (Å²) in [6.45, 7) is 0. The number of nitrogens with zero attached hydrogens (tertiary/aromatic N) is 2. The predicted octanol–water partition coefficient (Wildman–Crippen LogP) is 4.28. The van der Waals surface area contributed by atoms with Crippen LogP contribution in [0.1, 0.15) is 17.3 Å². The van der Waals surface area contributed by atoms with Gasteiger partial charge in [-0.25, -0.2) is 19.6 Å². The van der Waals surface area contributed by atoms with Crippen molar-refractivity contribution < 1.29 is 8.83 Å². The summed E-state index contributed by atoms with van der Waals surface area (Å²) >= 11 is 0. The van der Waals surface area contributed by atoms with Gasteiger partial charge in [-0.3, -0.25) is 0 Å². The molecule has 0 aliphatic rings. The molecule has 0 fully saturated rings. The number of benzene rings is 3. The third-order valence-corrected chi connectivity index (χ3v) is 4.64. The summed E-state index contributed by atoms with van der Waals surface area (Å²) in [6, 6.07) is 23.2. The zero-order chi connectivity index (χ0) is 20.5. The summed E-state index contributed by atoms with van der Waals surface area (Å²) in [4.78, 5) is 34.0. The van der Waals surface area contributed by atoms with Crippen molar-refractivity contribution in [1.29, 1.82) is 0 Å². The fourth-order valence-corrected chi connectivity index (χ4v) is 3.20. The monoisotopic (exact) mass is 394 g/mol. The van der Waals surface area contributed by atoms with Gasteiger partial charge in [0, 0.05) is 0 Å². The molecule has 2 aromatic heterocycles. The number of para-hydroxylation sites is 2. The number of fused-ring (bicyclic) bond motifs is 2. The Morgan fingerprint density at radius 1 is 0.633 bits per heavy atom. The van der Waals surface area contributed by atoms with Gasteiger partial charge < -0.3 is 8.83 Å².